The molecule has 23 heavy (non-hydrogen) atoms. The first-order valence-corrected chi connectivity index (χ1v) is 7.71. The normalized spacial score (nSPS) is 11.2. The van der Waals surface area contributed by atoms with E-state index in [2.05, 4.69) is 12.1 Å². The van der Waals surface area contributed by atoms with Gasteiger partial charge >= 0.3 is 0 Å². The van der Waals surface area contributed by atoms with Gasteiger partial charge in [-0.25, -0.2) is 0 Å². The minimum absolute atomic E-state index is 0.530. The molecule has 0 aromatic heterocycles. The van der Waals surface area contributed by atoms with Crippen molar-refractivity contribution < 1.29 is 4.74 Å². The summed E-state index contributed by atoms with van der Waals surface area (Å²) in [4.78, 5) is 0. The summed E-state index contributed by atoms with van der Waals surface area (Å²) in [6.45, 7) is 4.43. The number of hydrogen-bond donors (Lipinski definition) is 0. The van der Waals surface area contributed by atoms with Crippen molar-refractivity contribution in [1.82, 2.24) is 0 Å². The van der Waals surface area contributed by atoms with Crippen molar-refractivity contribution >= 4 is 10.8 Å². The van der Waals surface area contributed by atoms with Gasteiger partial charge in [-0.2, -0.15) is 5.26 Å². The molecule has 0 N–H and O–H groups in total. The molecule has 3 aromatic rings. The lowest BCUT2D eigenvalue weighted by atomic mass is 9.83. The van der Waals surface area contributed by atoms with Crippen molar-refractivity contribution in [3.63, 3.8) is 0 Å². The molecule has 0 amide bonds. The summed E-state index contributed by atoms with van der Waals surface area (Å²) in [6.07, 6.45) is 0. The molecule has 0 bridgehead atoms. The molecule has 0 unspecified atom stereocenters. The molecule has 0 radical (unpaired) electrons. The molecule has 0 aliphatic carbocycles. The van der Waals surface area contributed by atoms with E-state index in [1.165, 1.54) is 0 Å². The number of ether oxygens (including phenoxy) is 1. The molecule has 0 aliphatic heterocycles. The maximum absolute atomic E-state index is 9.45. The predicted octanol–water partition coefficient (Wildman–Crippen LogP) is 5.22. The first-order chi connectivity index (χ1) is 11.1. The lowest BCUT2D eigenvalue weighted by Crippen LogP contribution is -2.14. The average molecular weight is 301 g/mol. The van der Waals surface area contributed by atoms with Crippen LogP contribution in [0, 0.1) is 11.3 Å². The van der Waals surface area contributed by atoms with Crippen LogP contribution in [0.2, 0.25) is 0 Å². The van der Waals surface area contributed by atoms with Crippen LogP contribution in [0.3, 0.4) is 0 Å². The molecule has 0 fully saturated rings. The topological polar surface area (TPSA) is 33.0 Å². The fourth-order valence-corrected chi connectivity index (χ4v) is 2.69. The summed E-state index contributed by atoms with van der Waals surface area (Å²) in [7, 11) is 0. The van der Waals surface area contributed by atoms with Crippen molar-refractivity contribution in [2.24, 2.45) is 0 Å². The van der Waals surface area contributed by atoms with Gasteiger partial charge in [-0.05, 0) is 47.9 Å². The Morgan fingerprint density at radius 1 is 0.957 bits per heavy atom. The van der Waals surface area contributed by atoms with E-state index in [9.17, 15) is 5.26 Å². The van der Waals surface area contributed by atoms with Crippen LogP contribution in [0.15, 0.2) is 66.7 Å². The quantitative estimate of drug-likeness (QED) is 0.662. The summed E-state index contributed by atoms with van der Waals surface area (Å²) < 4.78 is 5.92. The van der Waals surface area contributed by atoms with E-state index in [1.807, 2.05) is 74.5 Å². The van der Waals surface area contributed by atoms with E-state index in [-0.39, 0.29) is 0 Å². The van der Waals surface area contributed by atoms with E-state index in [0.717, 1.165) is 27.6 Å². The van der Waals surface area contributed by atoms with Crippen molar-refractivity contribution in [2.75, 3.05) is 0 Å². The molecule has 2 nitrogen and oxygen atoms in total. The molecule has 3 aromatic carbocycles. The van der Waals surface area contributed by atoms with Crippen LogP contribution >= 0.6 is 0 Å². The monoisotopic (exact) mass is 301 g/mol. The number of rotatable bonds is 4. The SMILES string of the molecule is CC(C)(C#N)c1cccc2ccc(OCc3ccccc3)cc12. The maximum Gasteiger partial charge on any atom is 0.120 e. The van der Waals surface area contributed by atoms with E-state index in [4.69, 9.17) is 4.74 Å². The van der Waals surface area contributed by atoms with E-state index in [0.29, 0.717) is 6.61 Å². The highest BCUT2D eigenvalue weighted by atomic mass is 16.5. The second-order valence-corrected chi connectivity index (χ2v) is 6.20. The van der Waals surface area contributed by atoms with Gasteiger partial charge in [0.1, 0.15) is 12.4 Å². The first kappa shape index (κ1) is 15.1. The van der Waals surface area contributed by atoms with Crippen LogP contribution in [0.1, 0.15) is 25.0 Å². The Kier molecular flexibility index (Phi) is 4.04. The Bertz CT molecular complexity index is 860. The molecule has 0 aliphatic rings. The number of nitrogens with zero attached hydrogens (tertiary/aromatic N) is 1. The van der Waals surface area contributed by atoms with E-state index in [1.54, 1.807) is 0 Å². The van der Waals surface area contributed by atoms with Crippen LogP contribution in [0.4, 0.5) is 0 Å². The highest BCUT2D eigenvalue weighted by Gasteiger charge is 2.22. The van der Waals surface area contributed by atoms with Gasteiger partial charge in [-0.1, -0.05) is 54.6 Å². The Morgan fingerprint density at radius 3 is 2.48 bits per heavy atom. The molecule has 0 heterocycles. The van der Waals surface area contributed by atoms with Gasteiger partial charge in [0, 0.05) is 0 Å². The predicted molar refractivity (Wildman–Crippen MR) is 93.4 cm³/mol. The van der Waals surface area contributed by atoms with Crippen LogP contribution in [0.5, 0.6) is 5.75 Å². The Morgan fingerprint density at radius 2 is 1.74 bits per heavy atom. The highest BCUT2D eigenvalue weighted by Crippen LogP contribution is 2.32. The zero-order valence-electron chi connectivity index (χ0n) is 13.4. The Labute approximate surface area is 137 Å². The van der Waals surface area contributed by atoms with Crippen LogP contribution in [0.25, 0.3) is 10.8 Å². The molecule has 3 rings (SSSR count). The van der Waals surface area contributed by atoms with Gasteiger partial charge in [0.05, 0.1) is 11.5 Å². The van der Waals surface area contributed by atoms with E-state index >= 15 is 0 Å². The summed E-state index contributed by atoms with van der Waals surface area (Å²) in [5.41, 5.74) is 1.64. The van der Waals surface area contributed by atoms with Crippen LogP contribution < -0.4 is 4.74 Å². The number of benzene rings is 3. The molecule has 0 saturated heterocycles. The minimum Gasteiger partial charge on any atom is -0.489 e. The van der Waals surface area contributed by atoms with Gasteiger partial charge in [0.2, 0.25) is 0 Å². The zero-order chi connectivity index (χ0) is 16.3. The summed E-state index contributed by atoms with van der Waals surface area (Å²) in [6, 6.07) is 24.6. The van der Waals surface area contributed by atoms with Crippen molar-refractivity contribution in [3.05, 3.63) is 77.9 Å². The molecule has 0 spiro atoms. The first-order valence-electron chi connectivity index (χ1n) is 7.71. The second-order valence-electron chi connectivity index (χ2n) is 6.20. The summed E-state index contributed by atoms with van der Waals surface area (Å²) >= 11 is 0. The fraction of sp³-hybridized carbons (Fsp3) is 0.190. The third-order valence-corrected chi connectivity index (χ3v) is 4.05. The van der Waals surface area contributed by atoms with Crippen molar-refractivity contribution in [1.29, 1.82) is 5.26 Å². The van der Waals surface area contributed by atoms with Gasteiger partial charge in [0.15, 0.2) is 0 Å². The molecular formula is C21H19NO. The number of nitriles is 1. The summed E-state index contributed by atoms with van der Waals surface area (Å²) in [5, 5.41) is 11.6. The van der Waals surface area contributed by atoms with E-state index < -0.39 is 5.41 Å². The summed E-state index contributed by atoms with van der Waals surface area (Å²) in [5.74, 6) is 0.822. The average Bonchev–Trinajstić information content (AvgIpc) is 2.60. The third-order valence-electron chi connectivity index (χ3n) is 4.05. The molecule has 2 heteroatoms. The smallest absolute Gasteiger partial charge is 0.120 e. The fourth-order valence-electron chi connectivity index (χ4n) is 2.69. The standard InChI is InChI=1S/C21H19NO/c1-21(2,15-22)20-10-6-9-17-11-12-18(13-19(17)20)23-14-16-7-4-3-5-8-16/h3-13H,14H2,1-2H3. The molecule has 0 saturated carbocycles. The van der Waals surface area contributed by atoms with Crippen LogP contribution in [-0.2, 0) is 12.0 Å². The van der Waals surface area contributed by atoms with Gasteiger partial charge in [-0.3, -0.25) is 0 Å². The highest BCUT2D eigenvalue weighted by molar-refractivity contribution is 5.88. The van der Waals surface area contributed by atoms with Gasteiger partial charge < -0.3 is 4.74 Å². The molecular weight excluding hydrogens is 282 g/mol. The molecule has 0 atom stereocenters. The number of hydrogen-bond acceptors (Lipinski definition) is 2. The minimum atomic E-state index is -0.530. The number of fused-ring (bicyclic) bond motifs is 1. The lowest BCUT2D eigenvalue weighted by molar-refractivity contribution is 0.306. The lowest BCUT2D eigenvalue weighted by Gasteiger charge is -2.19. The van der Waals surface area contributed by atoms with Gasteiger partial charge in [0.25, 0.3) is 0 Å². The van der Waals surface area contributed by atoms with Crippen molar-refractivity contribution in [2.45, 2.75) is 25.9 Å². The van der Waals surface area contributed by atoms with Gasteiger partial charge in [-0.15, -0.1) is 0 Å². The van der Waals surface area contributed by atoms with Crippen molar-refractivity contribution in [3.8, 4) is 11.8 Å². The molecule has 114 valence electrons. The second kappa shape index (κ2) is 6.14. The largest absolute Gasteiger partial charge is 0.489 e. The maximum atomic E-state index is 9.45. The Balaban J connectivity index is 1.95. The Hall–Kier alpha value is -2.79. The zero-order valence-corrected chi connectivity index (χ0v) is 13.4. The third kappa shape index (κ3) is 3.19. The van der Waals surface area contributed by atoms with Crippen LogP contribution in [-0.4, -0.2) is 0 Å².